The number of halogens is 1. The van der Waals surface area contributed by atoms with Gasteiger partial charge in [-0.05, 0) is 30.5 Å². The molecule has 0 aliphatic rings. The number of rotatable bonds is 7. The van der Waals surface area contributed by atoms with E-state index in [0.717, 1.165) is 6.07 Å². The molecule has 21 heavy (non-hydrogen) atoms. The SMILES string of the molecule is CC(C)CCS(=O)(=O)CCC(=O)Nc1ccc(F)cc1N. The van der Waals surface area contributed by atoms with Crippen LogP contribution in [-0.4, -0.2) is 25.8 Å². The zero-order valence-electron chi connectivity index (χ0n) is 12.2. The van der Waals surface area contributed by atoms with E-state index in [-0.39, 0.29) is 29.3 Å². The van der Waals surface area contributed by atoms with E-state index in [4.69, 9.17) is 5.73 Å². The number of sulfone groups is 1. The first-order valence-electron chi connectivity index (χ1n) is 6.75. The van der Waals surface area contributed by atoms with Crippen molar-refractivity contribution in [1.82, 2.24) is 0 Å². The first-order chi connectivity index (χ1) is 9.69. The summed E-state index contributed by atoms with van der Waals surface area (Å²) in [6.07, 6.45) is 0.437. The van der Waals surface area contributed by atoms with E-state index in [1.165, 1.54) is 12.1 Å². The van der Waals surface area contributed by atoms with Crippen LogP contribution in [0.4, 0.5) is 15.8 Å². The van der Waals surface area contributed by atoms with Crippen LogP contribution in [0.1, 0.15) is 26.7 Å². The van der Waals surface area contributed by atoms with Crippen LogP contribution in [0.5, 0.6) is 0 Å². The van der Waals surface area contributed by atoms with Crippen LogP contribution in [0.2, 0.25) is 0 Å². The molecule has 0 radical (unpaired) electrons. The lowest BCUT2D eigenvalue weighted by Gasteiger charge is -2.09. The average molecular weight is 316 g/mol. The predicted molar refractivity (Wildman–Crippen MR) is 82.2 cm³/mol. The van der Waals surface area contributed by atoms with Gasteiger partial charge in [0.05, 0.1) is 22.9 Å². The van der Waals surface area contributed by atoms with Crippen molar-refractivity contribution in [2.24, 2.45) is 5.92 Å². The molecule has 7 heteroatoms. The molecule has 1 amide bonds. The van der Waals surface area contributed by atoms with Crippen molar-refractivity contribution in [3.05, 3.63) is 24.0 Å². The Kier molecular flexibility index (Phi) is 6.14. The fraction of sp³-hybridized carbons (Fsp3) is 0.500. The van der Waals surface area contributed by atoms with Gasteiger partial charge in [-0.25, -0.2) is 12.8 Å². The number of carbonyl (C=O) groups excluding carboxylic acids is 1. The molecule has 5 nitrogen and oxygen atoms in total. The van der Waals surface area contributed by atoms with Crippen molar-refractivity contribution >= 4 is 27.1 Å². The second-order valence-electron chi connectivity index (χ2n) is 5.36. The van der Waals surface area contributed by atoms with E-state index in [1.807, 2.05) is 13.8 Å². The summed E-state index contributed by atoms with van der Waals surface area (Å²) in [5.41, 5.74) is 5.94. The van der Waals surface area contributed by atoms with Crippen LogP contribution in [0, 0.1) is 11.7 Å². The minimum atomic E-state index is -3.23. The van der Waals surface area contributed by atoms with E-state index in [0.29, 0.717) is 12.3 Å². The fourth-order valence-electron chi connectivity index (χ4n) is 1.63. The van der Waals surface area contributed by atoms with E-state index < -0.39 is 21.6 Å². The maximum Gasteiger partial charge on any atom is 0.225 e. The smallest absolute Gasteiger partial charge is 0.225 e. The normalized spacial score (nSPS) is 11.6. The minimum absolute atomic E-state index is 0.0800. The Hall–Kier alpha value is -1.63. The van der Waals surface area contributed by atoms with Crippen LogP contribution < -0.4 is 11.1 Å². The highest BCUT2D eigenvalue weighted by molar-refractivity contribution is 7.91. The molecule has 1 rings (SSSR count). The minimum Gasteiger partial charge on any atom is -0.397 e. The topological polar surface area (TPSA) is 89.3 Å². The molecule has 0 heterocycles. The molecule has 0 aliphatic carbocycles. The zero-order chi connectivity index (χ0) is 16.0. The largest absolute Gasteiger partial charge is 0.397 e. The molecular formula is C14H21FN2O3S. The Bertz CT molecular complexity index is 600. The Morgan fingerprint density at radius 3 is 2.57 bits per heavy atom. The quantitative estimate of drug-likeness (QED) is 0.755. The van der Waals surface area contributed by atoms with Gasteiger partial charge in [0.15, 0.2) is 9.84 Å². The predicted octanol–water partition coefficient (Wildman–Crippen LogP) is 2.20. The van der Waals surface area contributed by atoms with Crippen LogP contribution in [0.15, 0.2) is 18.2 Å². The second kappa shape index (κ2) is 7.40. The summed E-state index contributed by atoms with van der Waals surface area (Å²) in [5, 5.41) is 2.48. The van der Waals surface area contributed by atoms with Crippen molar-refractivity contribution in [2.75, 3.05) is 22.6 Å². The van der Waals surface area contributed by atoms with Crippen LogP contribution >= 0.6 is 0 Å². The van der Waals surface area contributed by atoms with Crippen molar-refractivity contribution < 1.29 is 17.6 Å². The molecule has 1 aromatic carbocycles. The van der Waals surface area contributed by atoms with Gasteiger partial charge in [-0.2, -0.15) is 0 Å². The lowest BCUT2D eigenvalue weighted by Crippen LogP contribution is -2.20. The monoisotopic (exact) mass is 316 g/mol. The van der Waals surface area contributed by atoms with E-state index in [2.05, 4.69) is 5.32 Å². The molecule has 0 unspecified atom stereocenters. The molecule has 118 valence electrons. The van der Waals surface area contributed by atoms with Crippen molar-refractivity contribution in [3.63, 3.8) is 0 Å². The third-order valence-corrected chi connectivity index (χ3v) is 4.62. The Morgan fingerprint density at radius 2 is 2.00 bits per heavy atom. The first kappa shape index (κ1) is 17.4. The van der Waals surface area contributed by atoms with Gasteiger partial charge in [-0.3, -0.25) is 4.79 Å². The lowest BCUT2D eigenvalue weighted by molar-refractivity contribution is -0.115. The van der Waals surface area contributed by atoms with Gasteiger partial charge in [-0.15, -0.1) is 0 Å². The first-order valence-corrected chi connectivity index (χ1v) is 8.57. The summed E-state index contributed by atoms with van der Waals surface area (Å²) in [6.45, 7) is 3.89. The number of hydrogen-bond acceptors (Lipinski definition) is 4. The van der Waals surface area contributed by atoms with Crippen LogP contribution in [0.25, 0.3) is 0 Å². The number of hydrogen-bond donors (Lipinski definition) is 2. The molecule has 0 saturated carbocycles. The number of nitrogens with two attached hydrogens (primary N) is 1. The molecule has 0 fully saturated rings. The van der Waals surface area contributed by atoms with Crippen molar-refractivity contribution in [3.8, 4) is 0 Å². The maximum atomic E-state index is 12.9. The zero-order valence-corrected chi connectivity index (χ0v) is 13.0. The molecular weight excluding hydrogens is 295 g/mol. The average Bonchev–Trinajstić information content (AvgIpc) is 2.38. The lowest BCUT2D eigenvalue weighted by atomic mass is 10.2. The number of amides is 1. The fourth-order valence-corrected chi connectivity index (χ4v) is 3.16. The molecule has 0 spiro atoms. The molecule has 0 aromatic heterocycles. The summed E-state index contributed by atoms with van der Waals surface area (Å²) in [5.74, 6) is -0.778. The molecule has 1 aromatic rings. The second-order valence-corrected chi connectivity index (χ2v) is 7.67. The molecule has 0 atom stereocenters. The molecule has 0 aliphatic heterocycles. The summed E-state index contributed by atoms with van der Waals surface area (Å²) in [6, 6.07) is 3.61. The maximum absolute atomic E-state index is 12.9. The van der Waals surface area contributed by atoms with E-state index in [9.17, 15) is 17.6 Å². The van der Waals surface area contributed by atoms with Crippen molar-refractivity contribution in [2.45, 2.75) is 26.7 Å². The van der Waals surface area contributed by atoms with Gasteiger partial charge in [0.1, 0.15) is 5.82 Å². The Labute approximate surface area is 124 Å². The van der Waals surface area contributed by atoms with Gasteiger partial charge in [-0.1, -0.05) is 13.8 Å². The van der Waals surface area contributed by atoms with Gasteiger partial charge < -0.3 is 11.1 Å². The van der Waals surface area contributed by atoms with Gasteiger partial charge in [0, 0.05) is 6.42 Å². The highest BCUT2D eigenvalue weighted by Gasteiger charge is 2.15. The number of benzene rings is 1. The highest BCUT2D eigenvalue weighted by Crippen LogP contribution is 2.19. The Morgan fingerprint density at radius 1 is 1.33 bits per heavy atom. The third kappa shape index (κ3) is 6.57. The standard InChI is InChI=1S/C14H21FN2O3S/c1-10(2)5-7-21(19,20)8-6-14(18)17-13-4-3-11(15)9-12(13)16/h3-4,9-10H,5-8,16H2,1-2H3,(H,17,18). The van der Waals surface area contributed by atoms with E-state index in [1.54, 1.807) is 0 Å². The molecule has 0 bridgehead atoms. The van der Waals surface area contributed by atoms with Gasteiger partial charge in [0.2, 0.25) is 5.91 Å². The van der Waals surface area contributed by atoms with Crippen molar-refractivity contribution in [1.29, 1.82) is 0 Å². The number of nitrogen functional groups attached to an aromatic ring is 1. The third-order valence-electron chi connectivity index (χ3n) is 2.93. The van der Waals surface area contributed by atoms with Crippen LogP contribution in [0.3, 0.4) is 0 Å². The number of anilines is 2. The van der Waals surface area contributed by atoms with Gasteiger partial charge >= 0.3 is 0 Å². The number of nitrogens with one attached hydrogen (secondary N) is 1. The highest BCUT2D eigenvalue weighted by atomic mass is 32.2. The Balaban J connectivity index is 2.51. The van der Waals surface area contributed by atoms with Crippen LogP contribution in [-0.2, 0) is 14.6 Å². The molecule has 3 N–H and O–H groups in total. The summed E-state index contributed by atoms with van der Waals surface area (Å²) in [7, 11) is -3.23. The molecule has 0 saturated heterocycles. The summed E-state index contributed by atoms with van der Waals surface area (Å²) >= 11 is 0. The van der Waals surface area contributed by atoms with E-state index >= 15 is 0 Å². The summed E-state index contributed by atoms with van der Waals surface area (Å²) < 4.78 is 36.4. The van der Waals surface area contributed by atoms with Gasteiger partial charge in [0.25, 0.3) is 0 Å². The number of carbonyl (C=O) groups is 1. The summed E-state index contributed by atoms with van der Waals surface area (Å²) in [4.78, 5) is 11.7.